The van der Waals surface area contributed by atoms with Gasteiger partial charge in [0.15, 0.2) is 0 Å². The van der Waals surface area contributed by atoms with Gasteiger partial charge in [-0.2, -0.15) is 0 Å². The number of anilines is 1. The van der Waals surface area contributed by atoms with Gasteiger partial charge < -0.3 is 10.6 Å². The summed E-state index contributed by atoms with van der Waals surface area (Å²) in [6.45, 7) is 4.44. The predicted molar refractivity (Wildman–Crippen MR) is 99.7 cm³/mol. The summed E-state index contributed by atoms with van der Waals surface area (Å²) in [5.41, 5.74) is 0.296. The lowest BCUT2D eigenvalue weighted by atomic mass is 10.1. The Morgan fingerprint density at radius 1 is 1.12 bits per heavy atom. The second-order valence-corrected chi connectivity index (χ2v) is 6.43. The number of rotatable bonds is 6. The summed E-state index contributed by atoms with van der Waals surface area (Å²) >= 11 is 5.99. The highest BCUT2D eigenvalue weighted by Crippen LogP contribution is 2.24. The maximum absolute atomic E-state index is 12.5. The van der Waals surface area contributed by atoms with Crippen LogP contribution in [0.15, 0.2) is 42.5 Å². The van der Waals surface area contributed by atoms with E-state index in [0.29, 0.717) is 17.8 Å². The van der Waals surface area contributed by atoms with E-state index in [9.17, 15) is 19.7 Å². The molecule has 0 radical (unpaired) electrons. The number of non-ortho nitro benzene ring substituents is 1. The van der Waals surface area contributed by atoms with Gasteiger partial charge in [-0.1, -0.05) is 37.6 Å². The minimum Gasteiger partial charge on any atom is -0.352 e. The van der Waals surface area contributed by atoms with Crippen LogP contribution in [0.3, 0.4) is 0 Å². The first-order valence-electron chi connectivity index (χ1n) is 7.92. The van der Waals surface area contributed by atoms with Crippen molar-refractivity contribution in [3.8, 4) is 0 Å². The number of benzene rings is 2. The topological polar surface area (TPSA) is 101 Å². The number of carbonyl (C=O) groups is 2. The third kappa shape index (κ3) is 4.80. The second-order valence-electron chi connectivity index (χ2n) is 6.02. The van der Waals surface area contributed by atoms with Gasteiger partial charge in [-0.15, -0.1) is 0 Å². The van der Waals surface area contributed by atoms with E-state index >= 15 is 0 Å². The lowest BCUT2D eigenvalue weighted by Gasteiger charge is -2.13. The summed E-state index contributed by atoms with van der Waals surface area (Å²) in [5, 5.41) is 16.3. The second kappa shape index (κ2) is 8.44. The Balaban J connectivity index is 2.26. The summed E-state index contributed by atoms with van der Waals surface area (Å²) < 4.78 is 0. The molecule has 0 heterocycles. The molecule has 2 aromatic carbocycles. The average molecular weight is 376 g/mol. The maximum atomic E-state index is 12.5. The maximum Gasteiger partial charge on any atom is 0.270 e. The Bertz CT molecular complexity index is 852. The molecule has 0 saturated heterocycles. The Morgan fingerprint density at radius 3 is 2.46 bits per heavy atom. The van der Waals surface area contributed by atoms with E-state index in [-0.39, 0.29) is 28.1 Å². The van der Waals surface area contributed by atoms with Gasteiger partial charge in [-0.05, 0) is 24.1 Å². The van der Waals surface area contributed by atoms with Crippen LogP contribution >= 0.6 is 11.6 Å². The van der Waals surface area contributed by atoms with Crippen molar-refractivity contribution in [1.82, 2.24) is 5.32 Å². The Morgan fingerprint density at radius 2 is 1.81 bits per heavy atom. The molecule has 0 aliphatic heterocycles. The molecule has 136 valence electrons. The highest BCUT2D eigenvalue weighted by Gasteiger charge is 2.18. The van der Waals surface area contributed by atoms with E-state index in [0.717, 1.165) is 6.07 Å². The molecule has 8 heteroatoms. The van der Waals surface area contributed by atoms with Crippen molar-refractivity contribution in [3.63, 3.8) is 0 Å². The molecule has 7 nitrogen and oxygen atoms in total. The number of hydrogen-bond acceptors (Lipinski definition) is 4. The van der Waals surface area contributed by atoms with Gasteiger partial charge in [-0.25, -0.2) is 0 Å². The Labute approximate surface area is 155 Å². The number of nitrogens with one attached hydrogen (secondary N) is 2. The van der Waals surface area contributed by atoms with Gasteiger partial charge in [0.1, 0.15) is 0 Å². The highest BCUT2D eigenvalue weighted by atomic mass is 35.5. The van der Waals surface area contributed by atoms with Crippen LogP contribution in [0.5, 0.6) is 0 Å². The van der Waals surface area contributed by atoms with Crippen molar-refractivity contribution in [1.29, 1.82) is 0 Å². The van der Waals surface area contributed by atoms with Gasteiger partial charge in [-0.3, -0.25) is 19.7 Å². The van der Waals surface area contributed by atoms with E-state index < -0.39 is 10.8 Å². The molecule has 2 rings (SSSR count). The van der Waals surface area contributed by atoms with E-state index in [4.69, 9.17) is 11.6 Å². The van der Waals surface area contributed by atoms with Crippen LogP contribution in [0.1, 0.15) is 34.6 Å². The molecule has 0 saturated carbocycles. The molecular formula is C18H18ClN3O4. The summed E-state index contributed by atoms with van der Waals surface area (Å²) in [4.78, 5) is 35.1. The van der Waals surface area contributed by atoms with Crippen molar-refractivity contribution in [2.75, 3.05) is 11.9 Å². The van der Waals surface area contributed by atoms with Crippen molar-refractivity contribution >= 4 is 34.8 Å². The minimum atomic E-state index is -0.636. The zero-order valence-electron chi connectivity index (χ0n) is 14.3. The number of carbonyl (C=O) groups excluding carboxylic acids is 2. The van der Waals surface area contributed by atoms with Crippen molar-refractivity contribution in [2.45, 2.75) is 13.8 Å². The van der Waals surface area contributed by atoms with E-state index in [1.807, 2.05) is 13.8 Å². The van der Waals surface area contributed by atoms with Crippen LogP contribution < -0.4 is 10.6 Å². The summed E-state index contributed by atoms with van der Waals surface area (Å²) in [7, 11) is 0. The van der Waals surface area contributed by atoms with Crippen LogP contribution in [0.2, 0.25) is 5.02 Å². The van der Waals surface area contributed by atoms with Gasteiger partial charge in [0.25, 0.3) is 17.5 Å². The minimum absolute atomic E-state index is 0.0433. The normalized spacial score (nSPS) is 10.5. The lowest BCUT2D eigenvalue weighted by molar-refractivity contribution is -0.384. The number of halogens is 1. The monoisotopic (exact) mass is 375 g/mol. The number of nitro benzene ring substituents is 1. The van der Waals surface area contributed by atoms with Crippen LogP contribution in [0.25, 0.3) is 0 Å². The zero-order chi connectivity index (χ0) is 19.3. The summed E-state index contributed by atoms with van der Waals surface area (Å²) in [6.07, 6.45) is 0. The van der Waals surface area contributed by atoms with Gasteiger partial charge in [0.2, 0.25) is 0 Å². The quantitative estimate of drug-likeness (QED) is 0.590. The number of nitrogens with zero attached hydrogens (tertiary/aromatic N) is 1. The Kier molecular flexibility index (Phi) is 6.30. The summed E-state index contributed by atoms with van der Waals surface area (Å²) in [5.74, 6) is -0.674. The van der Waals surface area contributed by atoms with Crippen LogP contribution in [0.4, 0.5) is 11.4 Å². The van der Waals surface area contributed by atoms with Gasteiger partial charge in [0.05, 0.1) is 26.8 Å². The fourth-order valence-electron chi connectivity index (χ4n) is 2.17. The fourth-order valence-corrected chi connectivity index (χ4v) is 2.38. The molecule has 0 atom stereocenters. The molecule has 0 unspecified atom stereocenters. The van der Waals surface area contributed by atoms with Crippen molar-refractivity contribution in [3.05, 3.63) is 68.7 Å². The van der Waals surface area contributed by atoms with E-state index in [1.165, 1.54) is 12.1 Å². The van der Waals surface area contributed by atoms with E-state index in [1.54, 1.807) is 24.3 Å². The smallest absolute Gasteiger partial charge is 0.270 e. The number of amides is 2. The van der Waals surface area contributed by atoms with Crippen molar-refractivity contribution in [2.24, 2.45) is 5.92 Å². The molecule has 2 N–H and O–H groups in total. The number of hydrogen-bond donors (Lipinski definition) is 2. The first kappa shape index (κ1) is 19.4. The number of para-hydroxylation sites is 1. The molecular weight excluding hydrogens is 358 g/mol. The van der Waals surface area contributed by atoms with Crippen LogP contribution in [-0.4, -0.2) is 23.3 Å². The van der Waals surface area contributed by atoms with Gasteiger partial charge >= 0.3 is 0 Å². The third-order valence-electron chi connectivity index (χ3n) is 3.50. The van der Waals surface area contributed by atoms with Crippen LogP contribution in [-0.2, 0) is 0 Å². The predicted octanol–water partition coefficient (Wildman–Crippen LogP) is 3.89. The largest absolute Gasteiger partial charge is 0.352 e. The standard InChI is InChI=1S/C18H18ClN3O4/c1-11(2)10-20-17(23)13-5-3-4-6-16(13)21-18(24)14-9-12(22(25)26)7-8-15(14)19/h3-9,11H,10H2,1-2H3,(H,20,23)(H,21,24). The lowest BCUT2D eigenvalue weighted by Crippen LogP contribution is -2.28. The zero-order valence-corrected chi connectivity index (χ0v) is 15.0. The van der Waals surface area contributed by atoms with Gasteiger partial charge in [0, 0.05) is 18.7 Å². The fraction of sp³-hybridized carbons (Fsp3) is 0.222. The molecule has 0 bridgehead atoms. The SMILES string of the molecule is CC(C)CNC(=O)c1ccccc1NC(=O)c1cc([N+](=O)[O-])ccc1Cl. The molecule has 0 spiro atoms. The van der Waals surface area contributed by atoms with E-state index in [2.05, 4.69) is 10.6 Å². The highest BCUT2D eigenvalue weighted by molar-refractivity contribution is 6.34. The average Bonchev–Trinajstić information content (AvgIpc) is 2.60. The molecule has 0 fully saturated rings. The van der Waals surface area contributed by atoms with Crippen LogP contribution in [0, 0.1) is 16.0 Å². The first-order valence-corrected chi connectivity index (χ1v) is 8.30. The molecule has 0 aromatic heterocycles. The molecule has 0 aliphatic rings. The molecule has 0 aliphatic carbocycles. The molecule has 26 heavy (non-hydrogen) atoms. The number of nitro groups is 1. The summed E-state index contributed by atoms with van der Waals surface area (Å²) in [6, 6.07) is 10.1. The first-order chi connectivity index (χ1) is 12.3. The Hall–Kier alpha value is -2.93. The third-order valence-corrected chi connectivity index (χ3v) is 3.83. The van der Waals surface area contributed by atoms with Crippen molar-refractivity contribution < 1.29 is 14.5 Å². The molecule has 2 aromatic rings. The molecule has 2 amide bonds.